The summed E-state index contributed by atoms with van der Waals surface area (Å²) in [4.78, 5) is 2.48. The molecule has 1 aliphatic rings. The highest BCUT2D eigenvalue weighted by Gasteiger charge is 2.16. The van der Waals surface area contributed by atoms with Crippen LogP contribution in [0.5, 0.6) is 0 Å². The van der Waals surface area contributed by atoms with Gasteiger partial charge in [0.25, 0.3) is 10.0 Å². The summed E-state index contributed by atoms with van der Waals surface area (Å²) in [6.45, 7) is 4.14. The van der Waals surface area contributed by atoms with Crippen LogP contribution in [0.4, 0.5) is 11.5 Å². The number of hydrogen-bond donors (Lipinski definition) is 1. The van der Waals surface area contributed by atoms with Gasteiger partial charge < -0.3 is 4.90 Å². The largest absolute Gasteiger partial charge is 0.355 e. The zero-order chi connectivity index (χ0) is 21.0. The first-order valence-corrected chi connectivity index (χ1v) is 11.8. The molecule has 6 nitrogen and oxygen atoms in total. The molecule has 0 saturated carbocycles. The molecule has 0 atom stereocenters. The summed E-state index contributed by atoms with van der Waals surface area (Å²) in [6.07, 6.45) is 4.34. The van der Waals surface area contributed by atoms with Crippen molar-refractivity contribution < 1.29 is 8.42 Å². The topological polar surface area (TPSA) is 75.2 Å². The molecule has 1 saturated heterocycles. The van der Waals surface area contributed by atoms with E-state index in [0.717, 1.165) is 42.9 Å². The second-order valence-electron chi connectivity index (χ2n) is 7.55. The highest BCUT2D eigenvalue weighted by molar-refractivity contribution is 7.92. The lowest BCUT2D eigenvalue weighted by molar-refractivity contribution is 0.601. The number of sulfonamides is 1. The van der Waals surface area contributed by atoms with Gasteiger partial charge in [0, 0.05) is 24.3 Å². The Kier molecular flexibility index (Phi) is 5.99. The Morgan fingerprint density at radius 1 is 0.967 bits per heavy atom. The third-order valence-corrected chi connectivity index (χ3v) is 6.66. The van der Waals surface area contributed by atoms with Crippen molar-refractivity contribution in [3.63, 3.8) is 0 Å². The molecule has 1 aromatic heterocycles. The van der Waals surface area contributed by atoms with E-state index in [9.17, 15) is 8.42 Å². The van der Waals surface area contributed by atoms with Crippen LogP contribution in [0.15, 0.2) is 65.6 Å². The molecule has 2 aromatic carbocycles. The van der Waals surface area contributed by atoms with Gasteiger partial charge in [0.05, 0.1) is 10.6 Å². The molecule has 7 heteroatoms. The van der Waals surface area contributed by atoms with Crippen molar-refractivity contribution >= 4 is 21.5 Å². The number of hydrogen-bond acceptors (Lipinski definition) is 5. The van der Waals surface area contributed by atoms with Gasteiger partial charge in [-0.2, -0.15) is 0 Å². The summed E-state index contributed by atoms with van der Waals surface area (Å²) in [5, 5.41) is 8.70. The van der Waals surface area contributed by atoms with E-state index < -0.39 is 10.0 Å². The predicted molar refractivity (Wildman–Crippen MR) is 120 cm³/mol. The SMILES string of the molecule is CCCc1ccc(S(=O)(=O)Nc2cccc(-c3ccc(N4CCCC4)nn3)c2)cc1. The van der Waals surface area contributed by atoms with Crippen LogP contribution in [-0.2, 0) is 16.4 Å². The highest BCUT2D eigenvalue weighted by atomic mass is 32.2. The van der Waals surface area contributed by atoms with E-state index in [2.05, 4.69) is 26.7 Å². The second-order valence-corrected chi connectivity index (χ2v) is 9.23. The number of nitrogens with one attached hydrogen (secondary N) is 1. The maximum absolute atomic E-state index is 12.8. The average molecular weight is 423 g/mol. The third-order valence-electron chi connectivity index (χ3n) is 5.26. The van der Waals surface area contributed by atoms with E-state index in [1.807, 2.05) is 36.4 Å². The number of anilines is 2. The Hall–Kier alpha value is -2.93. The molecule has 1 N–H and O–H groups in total. The minimum absolute atomic E-state index is 0.252. The maximum Gasteiger partial charge on any atom is 0.261 e. The number of nitrogens with zero attached hydrogens (tertiary/aromatic N) is 3. The fourth-order valence-corrected chi connectivity index (χ4v) is 4.72. The molecular weight excluding hydrogens is 396 g/mol. The van der Waals surface area contributed by atoms with Gasteiger partial charge in [-0.25, -0.2) is 8.42 Å². The quantitative estimate of drug-likeness (QED) is 0.607. The fourth-order valence-electron chi connectivity index (χ4n) is 3.67. The van der Waals surface area contributed by atoms with Crippen LogP contribution in [0.1, 0.15) is 31.7 Å². The molecule has 0 radical (unpaired) electrons. The molecule has 0 spiro atoms. The molecular formula is C23H26N4O2S. The van der Waals surface area contributed by atoms with Gasteiger partial charge in [-0.15, -0.1) is 10.2 Å². The van der Waals surface area contributed by atoms with Gasteiger partial charge >= 0.3 is 0 Å². The van der Waals surface area contributed by atoms with Crippen LogP contribution in [0, 0.1) is 0 Å². The lowest BCUT2D eigenvalue weighted by Gasteiger charge is -2.15. The zero-order valence-electron chi connectivity index (χ0n) is 17.1. The average Bonchev–Trinajstić information content (AvgIpc) is 3.29. The molecule has 0 unspecified atom stereocenters. The van der Waals surface area contributed by atoms with Gasteiger partial charge in [-0.05, 0) is 61.2 Å². The minimum atomic E-state index is -3.65. The van der Waals surface area contributed by atoms with Gasteiger partial charge in [0.15, 0.2) is 5.82 Å². The van der Waals surface area contributed by atoms with Gasteiger partial charge in [0.1, 0.15) is 0 Å². The minimum Gasteiger partial charge on any atom is -0.355 e. The normalized spacial score (nSPS) is 14.1. The van der Waals surface area contributed by atoms with Crippen molar-refractivity contribution in [3.05, 3.63) is 66.2 Å². The first-order chi connectivity index (χ1) is 14.5. The van der Waals surface area contributed by atoms with Crippen LogP contribution < -0.4 is 9.62 Å². The molecule has 4 rings (SSSR count). The molecule has 0 aliphatic carbocycles. The Labute approximate surface area is 178 Å². The Morgan fingerprint density at radius 2 is 1.73 bits per heavy atom. The molecule has 0 bridgehead atoms. The summed E-state index contributed by atoms with van der Waals surface area (Å²) in [5.41, 5.74) is 3.15. The summed E-state index contributed by atoms with van der Waals surface area (Å²) in [5.74, 6) is 0.889. The molecule has 156 valence electrons. The van der Waals surface area contributed by atoms with Crippen molar-refractivity contribution in [1.82, 2.24) is 10.2 Å². The van der Waals surface area contributed by atoms with E-state index in [4.69, 9.17) is 0 Å². The third kappa shape index (κ3) is 4.62. The molecule has 1 aliphatic heterocycles. The van der Waals surface area contributed by atoms with Crippen LogP contribution in [0.25, 0.3) is 11.3 Å². The number of aryl methyl sites for hydroxylation is 1. The monoisotopic (exact) mass is 422 g/mol. The van der Waals surface area contributed by atoms with Crippen molar-refractivity contribution in [2.75, 3.05) is 22.7 Å². The van der Waals surface area contributed by atoms with E-state index in [1.54, 1.807) is 24.3 Å². The Morgan fingerprint density at radius 3 is 2.40 bits per heavy atom. The smallest absolute Gasteiger partial charge is 0.261 e. The molecule has 30 heavy (non-hydrogen) atoms. The number of aromatic nitrogens is 2. The summed E-state index contributed by atoms with van der Waals surface area (Å²) in [7, 11) is -3.65. The first-order valence-electron chi connectivity index (χ1n) is 10.4. The highest BCUT2D eigenvalue weighted by Crippen LogP contribution is 2.25. The molecule has 2 heterocycles. The van der Waals surface area contributed by atoms with E-state index in [-0.39, 0.29) is 4.90 Å². The lowest BCUT2D eigenvalue weighted by Crippen LogP contribution is -2.19. The van der Waals surface area contributed by atoms with Crippen LogP contribution in [-0.4, -0.2) is 31.7 Å². The van der Waals surface area contributed by atoms with Crippen molar-refractivity contribution in [1.29, 1.82) is 0 Å². The lowest BCUT2D eigenvalue weighted by atomic mass is 10.1. The summed E-state index contributed by atoms with van der Waals surface area (Å²) in [6, 6.07) is 18.2. The number of rotatable bonds is 7. The first kappa shape index (κ1) is 20.3. The van der Waals surface area contributed by atoms with Crippen molar-refractivity contribution in [2.24, 2.45) is 0 Å². The maximum atomic E-state index is 12.8. The van der Waals surface area contributed by atoms with Crippen molar-refractivity contribution in [2.45, 2.75) is 37.5 Å². The van der Waals surface area contributed by atoms with Gasteiger partial charge in [-0.3, -0.25) is 4.72 Å². The standard InChI is InChI=1S/C23H26N4O2S/c1-2-6-18-9-11-21(12-10-18)30(28,29)26-20-8-5-7-19(17-20)22-13-14-23(25-24-22)27-15-3-4-16-27/h5,7-14,17,26H,2-4,6,15-16H2,1H3. The predicted octanol–water partition coefficient (Wildman–Crippen LogP) is 4.50. The molecule has 0 amide bonds. The Balaban J connectivity index is 1.51. The van der Waals surface area contributed by atoms with Crippen LogP contribution >= 0.6 is 0 Å². The summed E-state index contributed by atoms with van der Waals surface area (Å²) >= 11 is 0. The Bertz CT molecular complexity index is 1090. The van der Waals surface area contributed by atoms with Crippen molar-refractivity contribution in [3.8, 4) is 11.3 Å². The molecule has 3 aromatic rings. The van der Waals surface area contributed by atoms with E-state index in [1.165, 1.54) is 12.8 Å². The number of benzene rings is 2. The van der Waals surface area contributed by atoms with Crippen LogP contribution in [0.2, 0.25) is 0 Å². The zero-order valence-corrected chi connectivity index (χ0v) is 17.9. The van der Waals surface area contributed by atoms with Crippen LogP contribution in [0.3, 0.4) is 0 Å². The van der Waals surface area contributed by atoms with E-state index >= 15 is 0 Å². The fraction of sp³-hybridized carbons (Fsp3) is 0.304. The summed E-state index contributed by atoms with van der Waals surface area (Å²) < 4.78 is 28.2. The van der Waals surface area contributed by atoms with Gasteiger partial charge in [-0.1, -0.05) is 37.6 Å². The van der Waals surface area contributed by atoms with Gasteiger partial charge in [0.2, 0.25) is 0 Å². The second kappa shape index (κ2) is 8.83. The van der Waals surface area contributed by atoms with E-state index in [0.29, 0.717) is 11.4 Å². The molecule has 1 fully saturated rings.